The number of carbonyl (C=O) groups is 1. The van der Waals surface area contributed by atoms with E-state index in [-0.39, 0.29) is 22.0 Å². The summed E-state index contributed by atoms with van der Waals surface area (Å²) >= 11 is 0. The Morgan fingerprint density at radius 1 is 1.30 bits per heavy atom. The smallest absolute Gasteiger partial charge is 0.270 e. The number of piperidine rings is 1. The first kappa shape index (κ1) is 19.8. The molecule has 0 saturated carbocycles. The first-order chi connectivity index (χ1) is 12.4. The third-order valence-corrected chi connectivity index (χ3v) is 6.10. The summed E-state index contributed by atoms with van der Waals surface area (Å²) in [6.45, 7) is 4.71. The van der Waals surface area contributed by atoms with Gasteiger partial charge >= 0.3 is 0 Å². The molecule has 1 aliphatic heterocycles. The maximum absolute atomic E-state index is 13.8. The lowest BCUT2D eigenvalue weighted by atomic mass is 9.86. The van der Waals surface area contributed by atoms with E-state index >= 15 is 0 Å². The number of likely N-dealkylation sites (tertiary alicyclic amines) is 1. The van der Waals surface area contributed by atoms with Gasteiger partial charge in [0.15, 0.2) is 9.84 Å². The van der Waals surface area contributed by atoms with Crippen molar-refractivity contribution < 1.29 is 22.7 Å². The Kier molecular flexibility index (Phi) is 5.07. The lowest BCUT2D eigenvalue weighted by molar-refractivity contribution is 0.0357. The number of halogens is 1. The fourth-order valence-electron chi connectivity index (χ4n) is 3.80. The van der Waals surface area contributed by atoms with E-state index in [1.165, 1.54) is 12.1 Å². The maximum Gasteiger partial charge on any atom is 0.270 e. The lowest BCUT2D eigenvalue weighted by Gasteiger charge is -2.34. The first-order valence-corrected chi connectivity index (χ1v) is 10.9. The molecule has 6 nitrogen and oxygen atoms in total. The summed E-state index contributed by atoms with van der Waals surface area (Å²) in [4.78, 5) is 17.2. The number of rotatable bonds is 4. The van der Waals surface area contributed by atoms with Gasteiger partial charge in [-0.3, -0.25) is 4.79 Å². The second-order valence-electron chi connectivity index (χ2n) is 8.08. The number of amides is 1. The van der Waals surface area contributed by atoms with Crippen LogP contribution < -0.4 is 0 Å². The zero-order valence-corrected chi connectivity index (χ0v) is 16.6. The zero-order chi connectivity index (χ0) is 20.0. The molecule has 148 valence electrons. The molecule has 1 aromatic carbocycles. The molecule has 0 atom stereocenters. The Bertz CT molecular complexity index is 967. The van der Waals surface area contributed by atoms with Crippen molar-refractivity contribution in [3.05, 3.63) is 29.7 Å². The van der Waals surface area contributed by atoms with Gasteiger partial charge in [-0.2, -0.15) is 0 Å². The van der Waals surface area contributed by atoms with E-state index in [0.717, 1.165) is 25.2 Å². The number of aliphatic hydroxyl groups is 1. The number of fused-ring (bicyclic) bond motifs is 1. The predicted octanol–water partition coefficient (Wildman–Crippen LogP) is 2.72. The molecule has 1 fully saturated rings. The predicted molar refractivity (Wildman–Crippen MR) is 101 cm³/mol. The highest BCUT2D eigenvalue weighted by Gasteiger charge is 2.28. The Hall–Kier alpha value is -1.93. The standard InChI is InChI=1S/C19H25FN2O4S/c1-19(2,24)11-12-4-6-22(7-5-12)18(23)15-9-13-8-14(20)10-16(17(13)21-15)27(3,25)26/h8-10,12,21,24H,4-7,11H2,1-3H3. The number of aromatic nitrogens is 1. The van der Waals surface area contributed by atoms with Crippen LogP contribution in [0.5, 0.6) is 0 Å². The summed E-state index contributed by atoms with van der Waals surface area (Å²) < 4.78 is 37.6. The molecule has 1 saturated heterocycles. The largest absolute Gasteiger partial charge is 0.390 e. The van der Waals surface area contributed by atoms with Gasteiger partial charge in [0.1, 0.15) is 11.5 Å². The van der Waals surface area contributed by atoms with Crippen LogP contribution in [0.3, 0.4) is 0 Å². The van der Waals surface area contributed by atoms with Crippen molar-refractivity contribution in [3.8, 4) is 0 Å². The van der Waals surface area contributed by atoms with Crippen LogP contribution in [0.4, 0.5) is 4.39 Å². The van der Waals surface area contributed by atoms with E-state index in [4.69, 9.17) is 0 Å². The summed E-state index contributed by atoms with van der Waals surface area (Å²) in [5.41, 5.74) is -0.222. The van der Waals surface area contributed by atoms with Crippen LogP contribution in [-0.2, 0) is 9.84 Å². The van der Waals surface area contributed by atoms with Gasteiger partial charge in [0.25, 0.3) is 5.91 Å². The van der Waals surface area contributed by atoms with Crippen molar-refractivity contribution in [2.24, 2.45) is 5.92 Å². The Balaban J connectivity index is 1.81. The molecule has 27 heavy (non-hydrogen) atoms. The van der Waals surface area contributed by atoms with Gasteiger partial charge in [-0.1, -0.05) is 0 Å². The molecular formula is C19H25FN2O4S. The quantitative estimate of drug-likeness (QED) is 0.831. The topological polar surface area (TPSA) is 90.5 Å². The summed E-state index contributed by atoms with van der Waals surface area (Å²) in [5.74, 6) is -0.524. The summed E-state index contributed by atoms with van der Waals surface area (Å²) in [5, 5.41) is 10.3. The highest BCUT2D eigenvalue weighted by molar-refractivity contribution is 7.91. The van der Waals surface area contributed by atoms with E-state index in [9.17, 15) is 22.7 Å². The average molecular weight is 396 g/mol. The van der Waals surface area contributed by atoms with E-state index in [0.29, 0.717) is 30.8 Å². The summed E-state index contributed by atoms with van der Waals surface area (Å²) in [6.07, 6.45) is 3.31. The monoisotopic (exact) mass is 396 g/mol. The molecule has 1 aliphatic rings. The number of hydrogen-bond donors (Lipinski definition) is 2. The Morgan fingerprint density at radius 2 is 1.93 bits per heavy atom. The molecule has 3 rings (SSSR count). The Morgan fingerprint density at radius 3 is 2.48 bits per heavy atom. The van der Waals surface area contributed by atoms with Crippen LogP contribution in [0.15, 0.2) is 23.1 Å². The van der Waals surface area contributed by atoms with Gasteiger partial charge in [-0.25, -0.2) is 12.8 Å². The minimum absolute atomic E-state index is 0.152. The molecule has 8 heteroatoms. The summed E-state index contributed by atoms with van der Waals surface area (Å²) in [7, 11) is -3.63. The van der Waals surface area contributed by atoms with Crippen molar-refractivity contribution in [1.29, 1.82) is 0 Å². The number of nitrogens with one attached hydrogen (secondary N) is 1. The molecule has 2 N–H and O–H groups in total. The van der Waals surface area contributed by atoms with Gasteiger partial charge in [-0.05, 0) is 57.2 Å². The number of hydrogen-bond acceptors (Lipinski definition) is 4. The number of nitrogens with zero attached hydrogens (tertiary/aromatic N) is 1. The molecule has 0 aliphatic carbocycles. The van der Waals surface area contributed by atoms with Gasteiger partial charge in [0.05, 0.1) is 16.0 Å². The molecule has 0 unspecified atom stereocenters. The van der Waals surface area contributed by atoms with E-state index in [2.05, 4.69) is 4.98 Å². The number of carbonyl (C=O) groups excluding carboxylic acids is 1. The highest BCUT2D eigenvalue weighted by atomic mass is 32.2. The van der Waals surface area contributed by atoms with Gasteiger partial charge < -0.3 is 15.0 Å². The zero-order valence-electron chi connectivity index (χ0n) is 15.8. The van der Waals surface area contributed by atoms with Crippen LogP contribution in [0.25, 0.3) is 10.9 Å². The molecule has 2 aromatic rings. The number of sulfone groups is 1. The normalized spacial score (nSPS) is 16.9. The molecule has 0 spiro atoms. The molecule has 1 aromatic heterocycles. The van der Waals surface area contributed by atoms with E-state index < -0.39 is 21.3 Å². The van der Waals surface area contributed by atoms with E-state index in [1.807, 2.05) is 0 Å². The van der Waals surface area contributed by atoms with Crippen LogP contribution in [0.2, 0.25) is 0 Å². The first-order valence-electron chi connectivity index (χ1n) is 8.98. The lowest BCUT2D eigenvalue weighted by Crippen LogP contribution is -2.40. The van der Waals surface area contributed by atoms with Crippen LogP contribution in [0, 0.1) is 11.7 Å². The Labute approximate surface area is 158 Å². The third-order valence-electron chi connectivity index (χ3n) is 4.98. The van der Waals surface area contributed by atoms with Crippen molar-refractivity contribution in [3.63, 3.8) is 0 Å². The second kappa shape index (κ2) is 6.91. The highest BCUT2D eigenvalue weighted by Crippen LogP contribution is 2.29. The van der Waals surface area contributed by atoms with Crippen LogP contribution >= 0.6 is 0 Å². The van der Waals surface area contributed by atoms with Gasteiger partial charge in [0, 0.05) is 24.7 Å². The third kappa shape index (κ3) is 4.50. The number of benzene rings is 1. The van der Waals surface area contributed by atoms with E-state index in [1.54, 1.807) is 18.7 Å². The molecule has 0 radical (unpaired) electrons. The van der Waals surface area contributed by atoms with Gasteiger partial charge in [0.2, 0.25) is 0 Å². The molecule has 2 heterocycles. The van der Waals surface area contributed by atoms with Crippen LogP contribution in [-0.4, -0.2) is 54.3 Å². The molecule has 0 bridgehead atoms. The minimum atomic E-state index is -3.63. The minimum Gasteiger partial charge on any atom is -0.390 e. The SMILES string of the molecule is CC(C)(O)CC1CCN(C(=O)c2cc3cc(F)cc(S(C)(=O)=O)c3[nH]2)CC1. The maximum atomic E-state index is 13.8. The van der Waals surface area contributed by atoms with Crippen molar-refractivity contribution in [1.82, 2.24) is 9.88 Å². The molecule has 1 amide bonds. The number of H-pyrrole nitrogens is 1. The van der Waals surface area contributed by atoms with Crippen LogP contribution in [0.1, 0.15) is 43.6 Å². The van der Waals surface area contributed by atoms with Crippen molar-refractivity contribution in [2.45, 2.75) is 43.6 Å². The summed E-state index contributed by atoms with van der Waals surface area (Å²) in [6, 6.07) is 3.68. The van der Waals surface area contributed by atoms with Gasteiger partial charge in [-0.15, -0.1) is 0 Å². The number of aromatic amines is 1. The van der Waals surface area contributed by atoms with Crippen molar-refractivity contribution >= 4 is 26.6 Å². The molecular weight excluding hydrogens is 371 g/mol. The van der Waals surface area contributed by atoms with Crippen molar-refractivity contribution in [2.75, 3.05) is 19.3 Å². The second-order valence-corrected chi connectivity index (χ2v) is 10.1. The average Bonchev–Trinajstić information content (AvgIpc) is 2.95. The fourth-order valence-corrected chi connectivity index (χ4v) is 4.67. The fraction of sp³-hybridized carbons (Fsp3) is 0.526.